The van der Waals surface area contributed by atoms with E-state index in [1.807, 2.05) is 72.8 Å². The number of anilines is 1. The Hall–Kier alpha value is -5.82. The summed E-state index contributed by atoms with van der Waals surface area (Å²) in [7, 11) is 0. The zero-order chi connectivity index (χ0) is 39.5. The van der Waals surface area contributed by atoms with Gasteiger partial charge in [-0.2, -0.15) is 0 Å². The molecule has 0 spiro atoms. The topological polar surface area (TPSA) is 173 Å². The lowest BCUT2D eigenvalue weighted by Gasteiger charge is -2.45. The lowest BCUT2D eigenvalue weighted by Crippen LogP contribution is -2.56. The molecule has 2 amide bonds. The average Bonchev–Trinajstić information content (AvgIpc) is 3.59. The van der Waals surface area contributed by atoms with E-state index in [4.69, 9.17) is 4.74 Å². The van der Waals surface area contributed by atoms with Gasteiger partial charge in [0.1, 0.15) is 11.9 Å². The first-order chi connectivity index (χ1) is 27.6. The number of phenolic OH excluding ortho intramolecular Hbond substituents is 1. The van der Waals surface area contributed by atoms with Crippen LogP contribution < -0.4 is 21.5 Å². The number of fused-ring (bicyclic) bond motifs is 5. The Morgan fingerprint density at radius 1 is 0.860 bits per heavy atom. The normalized spacial score (nSPS) is 21.5. The highest BCUT2D eigenvalue weighted by Crippen LogP contribution is 2.40. The van der Waals surface area contributed by atoms with Gasteiger partial charge in [0.25, 0.3) is 0 Å². The summed E-state index contributed by atoms with van der Waals surface area (Å²) < 4.78 is 6.22. The standard InChI is InChI=1S/C45H47N5O7/c51-37-15-13-34(35-14-16-40(53)48-43(35)37)38(52)26-46-25-30-9-11-33(12-10-30)47-41(54)23-28-5-7-29(8-6-28)24-42(55)49-45(20-17-31-3-1-2-4-36(31)45)44(56)57-39-27-50-21-18-32(39)19-22-50/h1-16,32,38-39,46,51-52H,17-27H2,(H,47,54)(H,48,53)(H,49,55)/t38?,39-,45?/m0/s1. The molecule has 3 atom stereocenters. The van der Waals surface area contributed by atoms with Crippen molar-refractivity contribution in [2.24, 2.45) is 5.92 Å². The van der Waals surface area contributed by atoms with Crippen LogP contribution in [0.4, 0.5) is 5.69 Å². The Morgan fingerprint density at radius 2 is 1.56 bits per heavy atom. The van der Waals surface area contributed by atoms with Gasteiger partial charge in [0.05, 0.1) is 24.5 Å². The van der Waals surface area contributed by atoms with Crippen LogP contribution >= 0.6 is 0 Å². The number of aromatic hydroxyl groups is 1. The minimum atomic E-state index is -1.22. The Bertz CT molecular complexity index is 2340. The molecule has 4 heterocycles. The fourth-order valence-electron chi connectivity index (χ4n) is 8.64. The number of nitrogens with zero attached hydrogens (tertiary/aromatic N) is 1. The van der Waals surface area contributed by atoms with Crippen LogP contribution in [0, 0.1) is 5.92 Å². The Labute approximate surface area is 330 Å². The van der Waals surface area contributed by atoms with Gasteiger partial charge >= 0.3 is 5.97 Å². The van der Waals surface area contributed by atoms with Crippen molar-refractivity contribution < 1.29 is 29.3 Å². The minimum Gasteiger partial charge on any atom is -0.506 e. The van der Waals surface area contributed by atoms with E-state index in [2.05, 4.69) is 25.8 Å². The number of esters is 1. The molecule has 0 saturated carbocycles. The molecule has 3 aliphatic heterocycles. The van der Waals surface area contributed by atoms with Crippen molar-refractivity contribution in [3.63, 3.8) is 0 Å². The number of rotatable bonds is 13. The lowest BCUT2D eigenvalue weighted by atomic mass is 9.85. The Balaban J connectivity index is 0.818. The largest absolute Gasteiger partial charge is 0.506 e. The molecule has 1 aliphatic carbocycles. The highest BCUT2D eigenvalue weighted by molar-refractivity contribution is 5.93. The SMILES string of the molecule is O=C(Cc1ccc(CC(=O)NC2(C(=O)O[C@H]3CN4CCC3CC4)CCc3ccccc32)cc1)Nc1ccc(CNCC(O)c2ccc(O)c3[nH]c(=O)ccc23)cc1. The lowest BCUT2D eigenvalue weighted by molar-refractivity contribution is -0.168. The van der Waals surface area contributed by atoms with E-state index >= 15 is 0 Å². The molecule has 12 nitrogen and oxygen atoms in total. The third kappa shape index (κ3) is 8.34. The molecule has 4 aliphatic rings. The molecular weight excluding hydrogens is 723 g/mol. The molecule has 6 N–H and O–H groups in total. The number of phenols is 1. The summed E-state index contributed by atoms with van der Waals surface area (Å²) in [5.74, 6) is -0.511. The predicted octanol–water partition coefficient (Wildman–Crippen LogP) is 4.38. The summed E-state index contributed by atoms with van der Waals surface area (Å²) in [5.41, 5.74) is 4.35. The number of hydrogen-bond donors (Lipinski definition) is 6. The number of aliphatic hydroxyl groups is 1. The minimum absolute atomic E-state index is 0.0612. The molecule has 4 aromatic carbocycles. The fourth-order valence-corrected chi connectivity index (χ4v) is 8.64. The number of aryl methyl sites for hydroxylation is 1. The summed E-state index contributed by atoms with van der Waals surface area (Å²) in [6.07, 6.45) is 2.40. The van der Waals surface area contributed by atoms with Crippen molar-refractivity contribution in [1.29, 1.82) is 0 Å². The summed E-state index contributed by atoms with van der Waals surface area (Å²) in [6, 6.07) is 28.6. The van der Waals surface area contributed by atoms with Crippen LogP contribution in [0.5, 0.6) is 5.75 Å². The number of carbonyl (C=O) groups is 3. The Morgan fingerprint density at radius 3 is 2.28 bits per heavy atom. The summed E-state index contributed by atoms with van der Waals surface area (Å²) in [6.45, 7) is 3.56. The van der Waals surface area contributed by atoms with Gasteiger partial charge in [0.15, 0.2) is 5.54 Å². The third-order valence-corrected chi connectivity index (χ3v) is 11.7. The van der Waals surface area contributed by atoms with E-state index in [0.29, 0.717) is 41.9 Å². The van der Waals surface area contributed by atoms with Gasteiger partial charge in [-0.05, 0) is 102 Å². The molecule has 9 rings (SSSR count). The number of ether oxygens (including phenoxy) is 1. The first-order valence-electron chi connectivity index (χ1n) is 19.7. The van der Waals surface area contributed by atoms with E-state index in [9.17, 15) is 29.4 Å². The second-order valence-electron chi connectivity index (χ2n) is 15.5. The van der Waals surface area contributed by atoms with Crippen molar-refractivity contribution >= 4 is 34.4 Å². The maximum Gasteiger partial charge on any atom is 0.336 e. The fraction of sp³-hybridized carbons (Fsp3) is 0.333. The number of carbonyl (C=O) groups excluding carboxylic acids is 3. The number of aromatic amines is 1. The number of piperidine rings is 3. The van der Waals surface area contributed by atoms with E-state index in [1.54, 1.807) is 12.1 Å². The number of aliphatic hydroxyl groups excluding tert-OH is 1. The smallest absolute Gasteiger partial charge is 0.336 e. The average molecular weight is 770 g/mol. The molecule has 2 bridgehead atoms. The van der Waals surface area contributed by atoms with E-state index in [0.717, 1.165) is 60.3 Å². The molecule has 0 radical (unpaired) electrons. The molecule has 12 heteroatoms. The second-order valence-corrected chi connectivity index (χ2v) is 15.5. The molecule has 1 aromatic heterocycles. The van der Waals surface area contributed by atoms with Gasteiger partial charge < -0.3 is 35.9 Å². The van der Waals surface area contributed by atoms with Crippen LogP contribution in [0.2, 0.25) is 0 Å². The molecule has 3 fully saturated rings. The number of pyridine rings is 1. The number of nitrogens with one attached hydrogen (secondary N) is 4. The van der Waals surface area contributed by atoms with E-state index in [-0.39, 0.29) is 60.1 Å². The maximum absolute atomic E-state index is 14.0. The maximum atomic E-state index is 14.0. The third-order valence-electron chi connectivity index (χ3n) is 11.7. The molecule has 2 unspecified atom stereocenters. The van der Waals surface area contributed by atoms with Gasteiger partial charge in [-0.15, -0.1) is 0 Å². The van der Waals surface area contributed by atoms with Crippen LogP contribution in [0.15, 0.2) is 102 Å². The van der Waals surface area contributed by atoms with Gasteiger partial charge in [-0.25, -0.2) is 4.79 Å². The number of H-pyrrole nitrogens is 1. The first-order valence-corrected chi connectivity index (χ1v) is 19.7. The zero-order valence-electron chi connectivity index (χ0n) is 31.6. The van der Waals surface area contributed by atoms with Crippen molar-refractivity contribution in [1.82, 2.24) is 20.5 Å². The molecule has 57 heavy (non-hydrogen) atoms. The predicted molar refractivity (Wildman–Crippen MR) is 215 cm³/mol. The van der Waals surface area contributed by atoms with Crippen molar-refractivity contribution in [2.45, 2.75) is 62.8 Å². The number of benzene rings is 4. The van der Waals surface area contributed by atoms with E-state index in [1.165, 1.54) is 12.1 Å². The number of amides is 2. The molecule has 5 aromatic rings. The Kier molecular flexibility index (Phi) is 10.9. The monoisotopic (exact) mass is 769 g/mol. The highest BCUT2D eigenvalue weighted by atomic mass is 16.5. The molecule has 294 valence electrons. The summed E-state index contributed by atoms with van der Waals surface area (Å²) >= 11 is 0. The van der Waals surface area contributed by atoms with Gasteiger partial charge in [-0.3, -0.25) is 19.3 Å². The van der Waals surface area contributed by atoms with E-state index < -0.39 is 11.6 Å². The van der Waals surface area contributed by atoms with Crippen molar-refractivity contribution in [2.75, 3.05) is 31.5 Å². The summed E-state index contributed by atoms with van der Waals surface area (Å²) in [5, 5.41) is 30.8. The van der Waals surface area contributed by atoms with Crippen LogP contribution in [-0.2, 0) is 50.5 Å². The number of hydrogen-bond acceptors (Lipinski definition) is 9. The molecular formula is C45H47N5O7. The first kappa shape index (κ1) is 38.1. The van der Waals surface area contributed by atoms with Gasteiger partial charge in [0, 0.05) is 36.8 Å². The number of aromatic nitrogens is 1. The highest BCUT2D eigenvalue weighted by Gasteiger charge is 2.50. The van der Waals surface area contributed by atoms with Crippen LogP contribution in [0.25, 0.3) is 10.9 Å². The molecule has 3 saturated heterocycles. The quantitative estimate of drug-likeness (QED) is 0.0952. The second kappa shape index (κ2) is 16.3. The van der Waals surface area contributed by atoms with Crippen LogP contribution in [0.3, 0.4) is 0 Å². The zero-order valence-corrected chi connectivity index (χ0v) is 31.6. The van der Waals surface area contributed by atoms with Gasteiger partial charge in [0.2, 0.25) is 17.4 Å². The van der Waals surface area contributed by atoms with Crippen LogP contribution in [-0.4, -0.2) is 70.2 Å². The van der Waals surface area contributed by atoms with Crippen LogP contribution in [0.1, 0.15) is 58.7 Å². The van der Waals surface area contributed by atoms with Crippen molar-refractivity contribution in [3.8, 4) is 5.75 Å². The van der Waals surface area contributed by atoms with Gasteiger partial charge in [-0.1, -0.05) is 66.7 Å². The van der Waals surface area contributed by atoms with Crippen molar-refractivity contribution in [3.05, 3.63) is 141 Å². The summed E-state index contributed by atoms with van der Waals surface area (Å²) in [4.78, 5) is 57.2.